The number of benzene rings is 2. The average Bonchev–Trinajstić information content (AvgIpc) is 2.73. The van der Waals surface area contributed by atoms with Gasteiger partial charge in [0.05, 0.1) is 12.0 Å². The number of hydrogen-bond donors (Lipinski definition) is 0. The molecule has 0 aliphatic carbocycles. The van der Waals surface area contributed by atoms with Crippen molar-refractivity contribution in [2.24, 2.45) is 5.41 Å². The zero-order chi connectivity index (χ0) is 21.5. The molecule has 2 fully saturated rings. The van der Waals surface area contributed by atoms with Crippen molar-refractivity contribution in [2.75, 3.05) is 33.3 Å². The quantitative estimate of drug-likeness (QED) is 0.745. The van der Waals surface area contributed by atoms with Crippen LogP contribution in [0.3, 0.4) is 0 Å². The van der Waals surface area contributed by atoms with Crippen molar-refractivity contribution in [3.63, 3.8) is 0 Å². The number of hydrogen-bond acceptors (Lipinski definition) is 4. The number of carbonyl (C=O) groups is 1. The number of amides is 1. The molecule has 1 spiro atoms. The molecule has 30 heavy (non-hydrogen) atoms. The third-order valence-corrected chi connectivity index (χ3v) is 8.14. The smallest absolute Gasteiger partial charge is 0.253 e. The van der Waals surface area contributed by atoms with E-state index in [1.54, 1.807) is 42.2 Å². The van der Waals surface area contributed by atoms with Gasteiger partial charge in [0.25, 0.3) is 5.91 Å². The zero-order valence-electron chi connectivity index (χ0n) is 17.1. The number of likely N-dealkylation sites (tertiary alicyclic amines) is 1. The molecule has 0 N–H and O–H groups in total. The second-order valence-electron chi connectivity index (χ2n) is 8.20. The van der Waals surface area contributed by atoms with Crippen LogP contribution in [0.4, 0.5) is 4.39 Å². The van der Waals surface area contributed by atoms with E-state index < -0.39 is 10.0 Å². The maximum absolute atomic E-state index is 13.5. The topological polar surface area (TPSA) is 66.9 Å². The van der Waals surface area contributed by atoms with E-state index in [1.165, 1.54) is 23.5 Å². The minimum absolute atomic E-state index is 0.0311. The Kier molecular flexibility index (Phi) is 5.32. The van der Waals surface area contributed by atoms with Gasteiger partial charge in [0.15, 0.2) is 0 Å². The van der Waals surface area contributed by atoms with Gasteiger partial charge in [-0.25, -0.2) is 12.8 Å². The summed E-state index contributed by atoms with van der Waals surface area (Å²) in [6, 6.07) is 10.8. The van der Waals surface area contributed by atoms with Gasteiger partial charge in [-0.1, -0.05) is 0 Å². The van der Waals surface area contributed by atoms with Crippen LogP contribution in [0.15, 0.2) is 47.4 Å². The van der Waals surface area contributed by atoms with Gasteiger partial charge in [-0.3, -0.25) is 4.79 Å². The van der Waals surface area contributed by atoms with Crippen molar-refractivity contribution >= 4 is 15.9 Å². The SMILES string of the molecule is COc1ccc(S(=O)(=O)N2CCC3(CC2)CN(C(=O)c2ccc(F)c(C)c2)C3)cc1. The highest BCUT2D eigenvalue weighted by atomic mass is 32.2. The van der Waals surface area contributed by atoms with E-state index in [1.807, 2.05) is 0 Å². The van der Waals surface area contributed by atoms with Crippen LogP contribution in [-0.2, 0) is 10.0 Å². The second-order valence-corrected chi connectivity index (χ2v) is 10.1. The molecule has 2 saturated heterocycles. The summed E-state index contributed by atoms with van der Waals surface area (Å²) < 4.78 is 45.9. The molecule has 4 rings (SSSR count). The number of rotatable bonds is 4. The van der Waals surface area contributed by atoms with Crippen molar-refractivity contribution in [1.82, 2.24) is 9.21 Å². The summed E-state index contributed by atoms with van der Waals surface area (Å²) in [5.74, 6) is 0.191. The summed E-state index contributed by atoms with van der Waals surface area (Å²) in [7, 11) is -2.00. The number of piperidine rings is 1. The van der Waals surface area contributed by atoms with E-state index in [0.29, 0.717) is 55.9 Å². The van der Waals surface area contributed by atoms with Crippen LogP contribution in [-0.4, -0.2) is 56.8 Å². The summed E-state index contributed by atoms with van der Waals surface area (Å²) in [4.78, 5) is 14.7. The van der Waals surface area contributed by atoms with Gasteiger partial charge < -0.3 is 9.64 Å². The Morgan fingerprint density at radius 1 is 1.07 bits per heavy atom. The highest BCUT2D eigenvalue weighted by Crippen LogP contribution is 2.42. The molecule has 2 heterocycles. The van der Waals surface area contributed by atoms with E-state index >= 15 is 0 Å². The van der Waals surface area contributed by atoms with E-state index in [2.05, 4.69) is 0 Å². The van der Waals surface area contributed by atoms with Crippen LogP contribution in [0.5, 0.6) is 5.75 Å². The molecule has 0 saturated carbocycles. The Morgan fingerprint density at radius 2 is 1.70 bits per heavy atom. The number of nitrogens with zero attached hydrogens (tertiary/aromatic N) is 2. The van der Waals surface area contributed by atoms with Crippen LogP contribution in [0.2, 0.25) is 0 Å². The minimum Gasteiger partial charge on any atom is -0.497 e. The number of carbonyl (C=O) groups excluding carboxylic acids is 1. The van der Waals surface area contributed by atoms with Crippen LogP contribution < -0.4 is 4.74 Å². The third kappa shape index (κ3) is 3.70. The van der Waals surface area contributed by atoms with Gasteiger partial charge in [0.2, 0.25) is 10.0 Å². The third-order valence-electron chi connectivity index (χ3n) is 6.22. The van der Waals surface area contributed by atoms with Gasteiger partial charge in [-0.05, 0) is 67.8 Å². The Labute approximate surface area is 176 Å². The molecule has 0 bridgehead atoms. The van der Waals surface area contributed by atoms with Crippen molar-refractivity contribution in [1.29, 1.82) is 0 Å². The molecule has 0 atom stereocenters. The number of ether oxygens (including phenoxy) is 1. The first kappa shape index (κ1) is 20.8. The van der Waals surface area contributed by atoms with Gasteiger partial charge in [-0.15, -0.1) is 0 Å². The molecule has 2 aromatic rings. The zero-order valence-corrected chi connectivity index (χ0v) is 17.9. The number of methoxy groups -OCH3 is 1. The van der Waals surface area contributed by atoms with Crippen LogP contribution >= 0.6 is 0 Å². The first-order chi connectivity index (χ1) is 14.2. The lowest BCUT2D eigenvalue weighted by atomic mass is 9.72. The molecule has 0 aromatic heterocycles. The fraction of sp³-hybridized carbons (Fsp3) is 0.409. The Morgan fingerprint density at radius 3 is 2.27 bits per heavy atom. The lowest BCUT2D eigenvalue weighted by Crippen LogP contribution is -2.62. The molecule has 6 nitrogen and oxygen atoms in total. The fourth-order valence-corrected chi connectivity index (χ4v) is 5.72. The average molecular weight is 433 g/mol. The van der Waals surface area contributed by atoms with E-state index in [4.69, 9.17) is 4.74 Å². The number of sulfonamides is 1. The fourth-order valence-electron chi connectivity index (χ4n) is 4.28. The van der Waals surface area contributed by atoms with Crippen molar-refractivity contribution in [3.8, 4) is 5.75 Å². The number of aryl methyl sites for hydroxylation is 1. The molecular weight excluding hydrogens is 407 g/mol. The molecule has 1 amide bonds. The van der Waals surface area contributed by atoms with Crippen LogP contribution in [0.25, 0.3) is 0 Å². The Bertz CT molecular complexity index is 1050. The van der Waals surface area contributed by atoms with E-state index in [9.17, 15) is 17.6 Å². The summed E-state index contributed by atoms with van der Waals surface area (Å²) in [6.45, 7) is 3.73. The summed E-state index contributed by atoms with van der Waals surface area (Å²) in [5, 5.41) is 0. The molecular formula is C22H25FN2O4S. The van der Waals surface area contributed by atoms with Crippen LogP contribution in [0.1, 0.15) is 28.8 Å². The summed E-state index contributed by atoms with van der Waals surface area (Å²) in [5.41, 5.74) is 0.910. The van der Waals surface area contributed by atoms with Gasteiger partial charge in [-0.2, -0.15) is 4.31 Å². The van der Waals surface area contributed by atoms with Gasteiger partial charge in [0, 0.05) is 37.2 Å². The van der Waals surface area contributed by atoms with Crippen molar-refractivity contribution in [3.05, 3.63) is 59.4 Å². The second kappa shape index (κ2) is 7.67. The first-order valence-electron chi connectivity index (χ1n) is 9.94. The Balaban J connectivity index is 1.37. The molecule has 8 heteroatoms. The summed E-state index contributed by atoms with van der Waals surface area (Å²) >= 11 is 0. The van der Waals surface area contributed by atoms with Gasteiger partial charge >= 0.3 is 0 Å². The number of halogens is 1. The Hall–Kier alpha value is -2.45. The first-order valence-corrected chi connectivity index (χ1v) is 11.4. The largest absolute Gasteiger partial charge is 0.497 e. The molecule has 160 valence electrons. The lowest BCUT2D eigenvalue weighted by molar-refractivity contribution is -0.0212. The van der Waals surface area contributed by atoms with E-state index in [0.717, 1.165) is 0 Å². The molecule has 0 radical (unpaired) electrons. The predicted octanol–water partition coefficient (Wildman–Crippen LogP) is 3.07. The normalized spacial score (nSPS) is 18.8. The standard InChI is InChI=1S/C22H25FN2O4S/c1-16-13-17(3-8-20(16)23)21(26)24-14-22(15-24)9-11-25(12-10-22)30(27,28)19-6-4-18(29-2)5-7-19/h3-8,13H,9-12,14-15H2,1-2H3. The highest BCUT2D eigenvalue weighted by molar-refractivity contribution is 7.89. The monoisotopic (exact) mass is 432 g/mol. The van der Waals surface area contributed by atoms with E-state index in [-0.39, 0.29) is 22.0 Å². The van der Waals surface area contributed by atoms with Gasteiger partial charge in [0.1, 0.15) is 11.6 Å². The predicted molar refractivity (Wildman–Crippen MR) is 110 cm³/mol. The summed E-state index contributed by atoms with van der Waals surface area (Å²) in [6.07, 6.45) is 1.43. The lowest BCUT2D eigenvalue weighted by Gasteiger charge is -2.53. The van der Waals surface area contributed by atoms with Crippen LogP contribution in [0, 0.1) is 18.2 Å². The molecule has 2 aromatic carbocycles. The maximum Gasteiger partial charge on any atom is 0.253 e. The minimum atomic E-state index is -3.54. The van der Waals surface area contributed by atoms with Crippen molar-refractivity contribution in [2.45, 2.75) is 24.7 Å². The molecule has 2 aliphatic rings. The molecule has 2 aliphatic heterocycles. The van der Waals surface area contributed by atoms with Crippen molar-refractivity contribution < 1.29 is 22.3 Å². The maximum atomic E-state index is 13.5. The highest BCUT2D eigenvalue weighted by Gasteiger charge is 2.48. The molecule has 0 unspecified atom stereocenters.